The van der Waals surface area contributed by atoms with Gasteiger partial charge in [-0.15, -0.1) is 0 Å². The van der Waals surface area contributed by atoms with E-state index in [9.17, 15) is 4.79 Å². The smallest absolute Gasteiger partial charge is 0.303 e. The highest BCUT2D eigenvalue weighted by atomic mass is 16.5. The molecule has 1 spiro atoms. The third-order valence-corrected chi connectivity index (χ3v) is 6.38. The van der Waals surface area contributed by atoms with Gasteiger partial charge in [0, 0.05) is 19.4 Å². The molecule has 0 aromatic carbocycles. The van der Waals surface area contributed by atoms with Crippen LogP contribution in [0.3, 0.4) is 0 Å². The molecule has 0 radical (unpaired) electrons. The summed E-state index contributed by atoms with van der Waals surface area (Å²) in [6.07, 6.45) is 26.2. The molecule has 2 aliphatic rings. The second-order valence-corrected chi connectivity index (χ2v) is 8.43. The molecule has 3 heteroatoms. The zero-order valence-corrected chi connectivity index (χ0v) is 17.8. The molecule has 2 aliphatic carbocycles. The number of methoxy groups -OCH3 is 1. The van der Waals surface area contributed by atoms with Gasteiger partial charge < -0.3 is 9.84 Å². The molecule has 5 atom stereocenters. The van der Waals surface area contributed by atoms with Crippen LogP contribution in [-0.2, 0) is 9.53 Å². The lowest BCUT2D eigenvalue weighted by molar-refractivity contribution is -0.137. The minimum atomic E-state index is -0.713. The van der Waals surface area contributed by atoms with E-state index in [1.807, 2.05) is 7.11 Å². The highest BCUT2D eigenvalue weighted by molar-refractivity contribution is 5.66. The van der Waals surface area contributed by atoms with Gasteiger partial charge in [-0.05, 0) is 62.2 Å². The van der Waals surface area contributed by atoms with Gasteiger partial charge in [0.15, 0.2) is 0 Å². The van der Waals surface area contributed by atoms with Gasteiger partial charge in [0.1, 0.15) is 0 Å². The minimum Gasteiger partial charge on any atom is -0.481 e. The molecule has 0 aromatic heterocycles. The predicted molar refractivity (Wildman–Crippen MR) is 116 cm³/mol. The Hall–Kier alpha value is -1.61. The van der Waals surface area contributed by atoms with Crippen LogP contribution < -0.4 is 0 Å². The lowest BCUT2D eigenvalue weighted by atomic mass is 9.87. The number of ether oxygens (including phenoxy) is 1. The molecule has 0 saturated heterocycles. The van der Waals surface area contributed by atoms with Crippen LogP contribution in [-0.4, -0.2) is 24.3 Å². The summed E-state index contributed by atoms with van der Waals surface area (Å²) in [6.45, 7) is 4.26. The van der Waals surface area contributed by atoms with Gasteiger partial charge in [0.05, 0.1) is 6.10 Å². The molecule has 156 valence electrons. The van der Waals surface area contributed by atoms with Crippen LogP contribution in [0.2, 0.25) is 0 Å². The van der Waals surface area contributed by atoms with Gasteiger partial charge in [-0.2, -0.15) is 0 Å². The van der Waals surface area contributed by atoms with Crippen LogP contribution in [0.1, 0.15) is 65.2 Å². The maximum Gasteiger partial charge on any atom is 0.303 e. The average molecular weight is 387 g/mol. The molecule has 0 aromatic rings. The van der Waals surface area contributed by atoms with Crippen molar-refractivity contribution in [2.75, 3.05) is 7.11 Å². The summed E-state index contributed by atoms with van der Waals surface area (Å²) in [5.41, 5.74) is 0.369. The van der Waals surface area contributed by atoms with E-state index in [0.717, 1.165) is 25.7 Å². The Labute approximate surface area is 171 Å². The second-order valence-electron chi connectivity index (χ2n) is 8.43. The largest absolute Gasteiger partial charge is 0.481 e. The summed E-state index contributed by atoms with van der Waals surface area (Å²) < 4.78 is 5.78. The number of carbonyl (C=O) groups is 1. The number of allylic oxidation sites excluding steroid dienone is 7. The van der Waals surface area contributed by atoms with Crippen molar-refractivity contribution in [2.45, 2.75) is 71.3 Å². The summed E-state index contributed by atoms with van der Waals surface area (Å²) in [6, 6.07) is 0. The first-order chi connectivity index (χ1) is 13.5. The number of hydrogen-bond acceptors (Lipinski definition) is 2. The molecule has 1 unspecified atom stereocenters. The quantitative estimate of drug-likeness (QED) is 0.398. The second kappa shape index (κ2) is 11.4. The predicted octanol–water partition coefficient (Wildman–Crippen LogP) is 6.33. The first-order valence-electron chi connectivity index (χ1n) is 10.9. The standard InChI is InChI=1S/C25H38O3/c1-4-5-6-7-8-9-10-11-12-21-19-25(21)18-17-23(28-3)22(25)15-13-20(2)14-16-24(26)27/h5-6,8-9,11-13,15,20-23H,4,7,10,14,16-19H2,1-3H3,(H,26,27)/b6-5-,9-8-,12-11-,15-13+/t20-,21-,22+,23-,25?/m0/s1. The van der Waals surface area contributed by atoms with Gasteiger partial charge >= 0.3 is 5.97 Å². The molecule has 2 fully saturated rings. The van der Waals surface area contributed by atoms with Crippen LogP contribution in [0.5, 0.6) is 0 Å². The van der Waals surface area contributed by atoms with Crippen LogP contribution in [0.15, 0.2) is 48.6 Å². The van der Waals surface area contributed by atoms with Gasteiger partial charge in [0.2, 0.25) is 0 Å². The van der Waals surface area contributed by atoms with Gasteiger partial charge in [-0.1, -0.05) is 62.5 Å². The van der Waals surface area contributed by atoms with E-state index < -0.39 is 5.97 Å². The first-order valence-corrected chi connectivity index (χ1v) is 10.9. The van der Waals surface area contributed by atoms with E-state index in [1.165, 1.54) is 12.8 Å². The lowest BCUT2D eigenvalue weighted by Crippen LogP contribution is -2.21. The highest BCUT2D eigenvalue weighted by Crippen LogP contribution is 2.67. The topological polar surface area (TPSA) is 46.5 Å². The molecule has 0 aliphatic heterocycles. The Bertz CT molecular complexity index is 601. The van der Waals surface area contributed by atoms with E-state index in [4.69, 9.17) is 9.84 Å². The van der Waals surface area contributed by atoms with Gasteiger partial charge in [0.25, 0.3) is 0 Å². The average Bonchev–Trinajstić information content (AvgIpc) is 3.25. The molecule has 2 rings (SSSR count). The molecular weight excluding hydrogens is 348 g/mol. The fraction of sp³-hybridized carbons (Fsp3) is 0.640. The summed E-state index contributed by atoms with van der Waals surface area (Å²) in [7, 11) is 1.82. The van der Waals surface area contributed by atoms with Crippen molar-refractivity contribution < 1.29 is 14.6 Å². The highest BCUT2D eigenvalue weighted by Gasteiger charge is 2.61. The van der Waals surface area contributed by atoms with Crippen molar-refractivity contribution in [3.8, 4) is 0 Å². The van der Waals surface area contributed by atoms with E-state index in [2.05, 4.69) is 62.5 Å². The Kier molecular flexibility index (Phi) is 9.24. The summed E-state index contributed by atoms with van der Waals surface area (Å²) in [4.78, 5) is 10.8. The lowest BCUT2D eigenvalue weighted by Gasteiger charge is -2.22. The first kappa shape index (κ1) is 22.7. The Morgan fingerprint density at radius 3 is 2.57 bits per heavy atom. The third kappa shape index (κ3) is 6.48. The maximum absolute atomic E-state index is 10.8. The normalized spacial score (nSPS) is 31.2. The van der Waals surface area contributed by atoms with Crippen molar-refractivity contribution in [1.29, 1.82) is 0 Å². The Morgan fingerprint density at radius 1 is 1.18 bits per heavy atom. The van der Waals surface area contributed by atoms with E-state index in [0.29, 0.717) is 35.7 Å². The molecule has 0 bridgehead atoms. The van der Waals surface area contributed by atoms with Gasteiger partial charge in [-0.25, -0.2) is 0 Å². The number of carboxylic acid groups (broad SMARTS) is 1. The summed E-state index contributed by atoms with van der Waals surface area (Å²) >= 11 is 0. The molecule has 3 nitrogen and oxygen atoms in total. The Morgan fingerprint density at radius 2 is 1.89 bits per heavy atom. The van der Waals surface area contributed by atoms with Crippen molar-refractivity contribution >= 4 is 5.97 Å². The number of carboxylic acids is 1. The number of rotatable bonds is 12. The Balaban J connectivity index is 1.86. The number of aliphatic carboxylic acids is 1. The number of hydrogen-bond donors (Lipinski definition) is 1. The van der Waals surface area contributed by atoms with Crippen molar-refractivity contribution in [3.63, 3.8) is 0 Å². The van der Waals surface area contributed by atoms with Crippen molar-refractivity contribution in [1.82, 2.24) is 0 Å². The SMILES string of the molecule is CC/C=C\C/C=C\C/C=C\[C@H]1CC12CC[C@H](OC)[C@H]2/C=C/[C@H](C)CCC(=O)O. The molecule has 0 heterocycles. The monoisotopic (exact) mass is 386 g/mol. The molecule has 1 N–H and O–H groups in total. The van der Waals surface area contributed by atoms with Crippen LogP contribution in [0.4, 0.5) is 0 Å². The van der Waals surface area contributed by atoms with Crippen molar-refractivity contribution in [3.05, 3.63) is 48.6 Å². The van der Waals surface area contributed by atoms with Crippen molar-refractivity contribution in [2.24, 2.45) is 23.2 Å². The molecular formula is C25H38O3. The molecule has 2 saturated carbocycles. The van der Waals surface area contributed by atoms with E-state index in [-0.39, 0.29) is 6.42 Å². The van der Waals surface area contributed by atoms with Crippen LogP contribution in [0, 0.1) is 23.2 Å². The zero-order valence-electron chi connectivity index (χ0n) is 17.8. The fourth-order valence-corrected chi connectivity index (χ4v) is 4.60. The molecule has 28 heavy (non-hydrogen) atoms. The van der Waals surface area contributed by atoms with Crippen LogP contribution in [0.25, 0.3) is 0 Å². The van der Waals surface area contributed by atoms with E-state index in [1.54, 1.807) is 0 Å². The minimum absolute atomic E-state index is 0.238. The zero-order chi connectivity index (χ0) is 20.4. The fourth-order valence-electron chi connectivity index (χ4n) is 4.60. The molecule has 0 amide bonds. The summed E-state index contributed by atoms with van der Waals surface area (Å²) in [5.74, 6) is 0.695. The third-order valence-electron chi connectivity index (χ3n) is 6.38. The van der Waals surface area contributed by atoms with Crippen LogP contribution >= 0.6 is 0 Å². The summed E-state index contributed by atoms with van der Waals surface area (Å²) in [5, 5.41) is 8.86. The van der Waals surface area contributed by atoms with E-state index >= 15 is 0 Å². The maximum atomic E-state index is 10.8. The van der Waals surface area contributed by atoms with Gasteiger partial charge in [-0.3, -0.25) is 4.79 Å².